The zero-order valence-electron chi connectivity index (χ0n) is 9.44. The molecule has 0 saturated carbocycles. The molecule has 0 aliphatic heterocycles. The van der Waals surface area contributed by atoms with E-state index in [1.807, 2.05) is 6.92 Å². The first-order chi connectivity index (χ1) is 8.08. The Bertz CT molecular complexity index is 564. The molecule has 1 N–H and O–H groups in total. The summed E-state index contributed by atoms with van der Waals surface area (Å²) in [6.45, 7) is 1.84. The molecule has 88 valence electrons. The molecular weight excluding hydrogens is 284 g/mol. The summed E-state index contributed by atoms with van der Waals surface area (Å²) in [7, 11) is 1.80. The quantitative estimate of drug-likeness (QED) is 0.923. The van der Waals surface area contributed by atoms with Crippen molar-refractivity contribution in [2.45, 2.75) is 6.92 Å². The Morgan fingerprint density at radius 1 is 1.53 bits per heavy atom. The first-order valence-corrected chi connectivity index (χ1v) is 5.79. The normalized spacial score (nSPS) is 10.3. The van der Waals surface area contributed by atoms with E-state index in [0.717, 1.165) is 5.69 Å². The summed E-state index contributed by atoms with van der Waals surface area (Å²) in [5, 5.41) is 6.92. The van der Waals surface area contributed by atoms with Crippen molar-refractivity contribution in [1.82, 2.24) is 14.8 Å². The van der Waals surface area contributed by atoms with Crippen molar-refractivity contribution in [2.24, 2.45) is 7.05 Å². The second-order valence-corrected chi connectivity index (χ2v) is 4.44. The fourth-order valence-electron chi connectivity index (χ4n) is 1.46. The van der Waals surface area contributed by atoms with Crippen molar-refractivity contribution in [3.8, 4) is 0 Å². The highest BCUT2D eigenvalue weighted by Crippen LogP contribution is 2.17. The summed E-state index contributed by atoms with van der Waals surface area (Å²) in [4.78, 5) is 16.0. The summed E-state index contributed by atoms with van der Waals surface area (Å²) in [5.74, 6) is -0.256. The van der Waals surface area contributed by atoms with E-state index in [0.29, 0.717) is 15.9 Å². The van der Waals surface area contributed by atoms with Crippen molar-refractivity contribution >= 4 is 27.5 Å². The second kappa shape index (κ2) is 4.67. The predicted molar refractivity (Wildman–Crippen MR) is 67.8 cm³/mol. The first kappa shape index (κ1) is 11.8. The molecule has 0 aliphatic carbocycles. The minimum atomic E-state index is -0.256. The van der Waals surface area contributed by atoms with Crippen LogP contribution in [0.2, 0.25) is 0 Å². The van der Waals surface area contributed by atoms with Gasteiger partial charge in [-0.2, -0.15) is 5.10 Å². The Labute approximate surface area is 107 Å². The highest BCUT2D eigenvalue weighted by atomic mass is 79.9. The number of pyridine rings is 1. The maximum Gasteiger partial charge on any atom is 0.275 e. The van der Waals surface area contributed by atoms with Gasteiger partial charge in [0.15, 0.2) is 0 Å². The number of amides is 1. The minimum absolute atomic E-state index is 0.256. The third-order valence-electron chi connectivity index (χ3n) is 2.24. The summed E-state index contributed by atoms with van der Waals surface area (Å²) in [6.07, 6.45) is 3.33. The molecule has 5 nitrogen and oxygen atoms in total. The van der Waals surface area contributed by atoms with Crippen LogP contribution >= 0.6 is 15.9 Å². The van der Waals surface area contributed by atoms with Crippen molar-refractivity contribution in [1.29, 1.82) is 0 Å². The lowest BCUT2D eigenvalue weighted by molar-refractivity contribution is 0.102. The minimum Gasteiger partial charge on any atom is -0.318 e. The van der Waals surface area contributed by atoms with E-state index < -0.39 is 0 Å². The lowest BCUT2D eigenvalue weighted by Gasteiger charge is -2.04. The number of nitrogens with one attached hydrogen (secondary N) is 1. The van der Waals surface area contributed by atoms with Crippen LogP contribution in [0.4, 0.5) is 5.69 Å². The van der Waals surface area contributed by atoms with Gasteiger partial charge < -0.3 is 5.32 Å². The van der Waals surface area contributed by atoms with Crippen LogP contribution < -0.4 is 5.32 Å². The van der Waals surface area contributed by atoms with Crippen LogP contribution in [-0.2, 0) is 7.05 Å². The number of nitrogens with zero attached hydrogens (tertiary/aromatic N) is 3. The number of hydrogen-bond donors (Lipinski definition) is 1. The molecule has 0 atom stereocenters. The van der Waals surface area contributed by atoms with Gasteiger partial charge in [0.2, 0.25) is 0 Å². The van der Waals surface area contributed by atoms with Gasteiger partial charge in [-0.3, -0.25) is 9.48 Å². The SMILES string of the molecule is Cc1nn(C)cc1NC(=O)c1ncccc1Br. The molecule has 0 aromatic carbocycles. The average molecular weight is 295 g/mol. The standard InChI is InChI=1S/C11H11BrN4O/c1-7-9(6-16(2)15-7)14-11(17)10-8(12)4-3-5-13-10/h3-6H,1-2H3,(H,14,17). The average Bonchev–Trinajstić information content (AvgIpc) is 2.58. The molecule has 0 aliphatic rings. The van der Waals surface area contributed by atoms with Crippen LogP contribution in [0.25, 0.3) is 0 Å². The molecule has 2 rings (SSSR count). The van der Waals surface area contributed by atoms with Crippen molar-refractivity contribution in [3.63, 3.8) is 0 Å². The van der Waals surface area contributed by atoms with Gasteiger partial charge >= 0.3 is 0 Å². The van der Waals surface area contributed by atoms with Gasteiger partial charge in [-0.1, -0.05) is 0 Å². The van der Waals surface area contributed by atoms with Crippen LogP contribution in [0.3, 0.4) is 0 Å². The van der Waals surface area contributed by atoms with Crippen LogP contribution in [-0.4, -0.2) is 20.7 Å². The Morgan fingerprint density at radius 3 is 2.88 bits per heavy atom. The van der Waals surface area contributed by atoms with Gasteiger partial charge in [-0.25, -0.2) is 4.98 Å². The van der Waals surface area contributed by atoms with Crippen molar-refractivity contribution in [2.75, 3.05) is 5.32 Å². The molecular formula is C11H11BrN4O. The number of rotatable bonds is 2. The third-order valence-corrected chi connectivity index (χ3v) is 2.88. The van der Waals surface area contributed by atoms with Crippen molar-refractivity contribution < 1.29 is 4.79 Å². The number of halogens is 1. The zero-order valence-corrected chi connectivity index (χ0v) is 11.0. The molecule has 2 heterocycles. The van der Waals surface area contributed by atoms with E-state index in [1.54, 1.807) is 36.3 Å². The summed E-state index contributed by atoms with van der Waals surface area (Å²) < 4.78 is 2.32. The van der Waals surface area contributed by atoms with Crippen LogP contribution in [0.5, 0.6) is 0 Å². The highest BCUT2D eigenvalue weighted by Gasteiger charge is 2.13. The maximum atomic E-state index is 12.0. The van der Waals surface area contributed by atoms with Gasteiger partial charge in [0.1, 0.15) is 5.69 Å². The van der Waals surface area contributed by atoms with Gasteiger partial charge in [-0.05, 0) is 35.0 Å². The number of carbonyl (C=O) groups is 1. The number of carbonyl (C=O) groups excluding carboxylic acids is 1. The lowest BCUT2D eigenvalue weighted by Crippen LogP contribution is -2.14. The Balaban J connectivity index is 2.23. The molecule has 6 heteroatoms. The van der Waals surface area contributed by atoms with E-state index in [4.69, 9.17) is 0 Å². The molecule has 1 amide bonds. The van der Waals surface area contributed by atoms with Crippen LogP contribution in [0, 0.1) is 6.92 Å². The molecule has 0 fully saturated rings. The second-order valence-electron chi connectivity index (χ2n) is 3.59. The topological polar surface area (TPSA) is 59.8 Å². The van der Waals surface area contributed by atoms with Crippen LogP contribution in [0.1, 0.15) is 16.2 Å². The Morgan fingerprint density at radius 2 is 2.29 bits per heavy atom. The molecule has 0 radical (unpaired) electrons. The number of anilines is 1. The predicted octanol–water partition coefficient (Wildman–Crippen LogP) is 2.14. The molecule has 2 aromatic rings. The fraction of sp³-hybridized carbons (Fsp3) is 0.182. The van der Waals surface area contributed by atoms with Gasteiger partial charge in [0.25, 0.3) is 5.91 Å². The monoisotopic (exact) mass is 294 g/mol. The lowest BCUT2D eigenvalue weighted by atomic mass is 10.3. The fourth-order valence-corrected chi connectivity index (χ4v) is 1.89. The molecule has 2 aromatic heterocycles. The van der Waals surface area contributed by atoms with E-state index in [2.05, 4.69) is 31.3 Å². The number of aromatic nitrogens is 3. The smallest absolute Gasteiger partial charge is 0.275 e. The molecule has 0 unspecified atom stereocenters. The largest absolute Gasteiger partial charge is 0.318 e. The zero-order chi connectivity index (χ0) is 12.4. The molecule has 0 spiro atoms. The van der Waals surface area contributed by atoms with Gasteiger partial charge in [-0.15, -0.1) is 0 Å². The van der Waals surface area contributed by atoms with E-state index in [9.17, 15) is 4.79 Å². The highest BCUT2D eigenvalue weighted by molar-refractivity contribution is 9.10. The van der Waals surface area contributed by atoms with Crippen molar-refractivity contribution in [3.05, 3.63) is 40.4 Å². The number of aryl methyl sites for hydroxylation is 2. The molecule has 17 heavy (non-hydrogen) atoms. The Hall–Kier alpha value is -1.69. The van der Waals surface area contributed by atoms with E-state index in [-0.39, 0.29) is 5.91 Å². The Kier molecular flexibility index (Phi) is 3.23. The summed E-state index contributed by atoms with van der Waals surface area (Å²) >= 11 is 3.29. The van der Waals surface area contributed by atoms with E-state index in [1.165, 1.54) is 0 Å². The van der Waals surface area contributed by atoms with Crippen LogP contribution in [0.15, 0.2) is 29.0 Å². The molecule has 0 saturated heterocycles. The summed E-state index contributed by atoms with van der Waals surface area (Å²) in [5.41, 5.74) is 1.82. The molecule has 0 bridgehead atoms. The van der Waals surface area contributed by atoms with Gasteiger partial charge in [0.05, 0.1) is 11.4 Å². The van der Waals surface area contributed by atoms with E-state index >= 15 is 0 Å². The maximum absolute atomic E-state index is 12.0. The number of hydrogen-bond acceptors (Lipinski definition) is 3. The summed E-state index contributed by atoms with van der Waals surface area (Å²) in [6, 6.07) is 3.54. The first-order valence-electron chi connectivity index (χ1n) is 5.00. The van der Waals surface area contributed by atoms with Gasteiger partial charge in [0, 0.05) is 23.9 Å². The third kappa shape index (κ3) is 2.52.